The van der Waals surface area contributed by atoms with Gasteiger partial charge in [0.2, 0.25) is 0 Å². The molecule has 0 N–H and O–H groups in total. The highest BCUT2D eigenvalue weighted by atomic mass is 32.1. The van der Waals surface area contributed by atoms with Crippen LogP contribution in [0.15, 0.2) is 59.2 Å². The molecule has 0 saturated heterocycles. The molecule has 0 unspecified atom stereocenters. The van der Waals surface area contributed by atoms with E-state index >= 15 is 0 Å². The maximum atomic E-state index is 14.1. The summed E-state index contributed by atoms with van der Waals surface area (Å²) in [7, 11) is 0. The number of carbonyl (C=O) groups is 1. The lowest BCUT2D eigenvalue weighted by Gasteiger charge is -2.20. The summed E-state index contributed by atoms with van der Waals surface area (Å²) in [6.45, 7) is 4.11. The summed E-state index contributed by atoms with van der Waals surface area (Å²) in [5.74, 6) is 0.0446. The van der Waals surface area contributed by atoms with Crippen molar-refractivity contribution in [1.82, 2.24) is 4.98 Å². The van der Waals surface area contributed by atoms with Crippen LogP contribution in [-0.4, -0.2) is 10.9 Å². The Balaban J connectivity index is 1.80. The van der Waals surface area contributed by atoms with Crippen LogP contribution in [0.3, 0.4) is 0 Å². The number of aromatic nitrogens is 1. The minimum Gasteiger partial charge on any atom is -0.467 e. The Hall–Kier alpha value is -2.99. The number of nitrogens with zero attached hydrogens (tertiary/aromatic N) is 2. The number of anilines is 1. The first-order valence-electron chi connectivity index (χ1n) is 8.49. The predicted octanol–water partition coefficient (Wildman–Crippen LogP) is 5.49. The minimum atomic E-state index is -0.396. The van der Waals surface area contributed by atoms with Gasteiger partial charge in [0.05, 0.1) is 17.5 Å². The molecule has 2 aromatic heterocycles. The molecule has 2 aromatic carbocycles. The van der Waals surface area contributed by atoms with Crippen LogP contribution < -0.4 is 4.90 Å². The van der Waals surface area contributed by atoms with Gasteiger partial charge in [-0.05, 0) is 49.7 Å². The average molecular weight is 380 g/mol. The highest BCUT2D eigenvalue weighted by molar-refractivity contribution is 7.22. The second-order valence-electron chi connectivity index (χ2n) is 6.37. The molecule has 4 nitrogen and oxygen atoms in total. The Morgan fingerprint density at radius 2 is 2.04 bits per heavy atom. The molecule has 0 fully saturated rings. The fraction of sp³-hybridized carbons (Fsp3) is 0.143. The SMILES string of the molecule is Cc1ccc(C(=O)N(Cc2ccco2)c2nc3c(F)cccc3s2)c(C)c1. The Labute approximate surface area is 159 Å². The van der Waals surface area contributed by atoms with E-state index in [9.17, 15) is 9.18 Å². The number of amides is 1. The smallest absolute Gasteiger partial charge is 0.260 e. The summed E-state index contributed by atoms with van der Waals surface area (Å²) in [5.41, 5.74) is 2.84. The molecule has 0 bridgehead atoms. The average Bonchev–Trinajstić information content (AvgIpc) is 3.29. The largest absolute Gasteiger partial charge is 0.467 e. The molecule has 0 spiro atoms. The van der Waals surface area contributed by atoms with E-state index in [0.29, 0.717) is 21.2 Å². The van der Waals surface area contributed by atoms with E-state index in [1.165, 1.54) is 17.4 Å². The van der Waals surface area contributed by atoms with Gasteiger partial charge < -0.3 is 4.42 Å². The first-order valence-corrected chi connectivity index (χ1v) is 9.31. The van der Waals surface area contributed by atoms with E-state index < -0.39 is 5.82 Å². The monoisotopic (exact) mass is 380 g/mol. The van der Waals surface area contributed by atoms with Crippen LogP contribution >= 0.6 is 11.3 Å². The molecule has 27 heavy (non-hydrogen) atoms. The normalized spacial score (nSPS) is 11.1. The van der Waals surface area contributed by atoms with Gasteiger partial charge in [-0.25, -0.2) is 9.37 Å². The number of fused-ring (bicyclic) bond motifs is 1. The molecular weight excluding hydrogens is 363 g/mol. The van der Waals surface area contributed by atoms with E-state index in [1.54, 1.807) is 35.4 Å². The zero-order valence-corrected chi connectivity index (χ0v) is 15.7. The molecule has 0 aliphatic carbocycles. The Bertz CT molecular complexity index is 1120. The van der Waals surface area contributed by atoms with Crippen molar-refractivity contribution >= 4 is 32.6 Å². The molecule has 0 aliphatic heterocycles. The topological polar surface area (TPSA) is 46.3 Å². The first-order chi connectivity index (χ1) is 13.0. The lowest BCUT2D eigenvalue weighted by atomic mass is 10.0. The van der Waals surface area contributed by atoms with E-state index in [-0.39, 0.29) is 18.0 Å². The molecule has 0 aliphatic rings. The maximum absolute atomic E-state index is 14.1. The van der Waals surface area contributed by atoms with Gasteiger partial charge in [0.25, 0.3) is 5.91 Å². The number of para-hydroxylation sites is 1. The summed E-state index contributed by atoms with van der Waals surface area (Å²) in [6.07, 6.45) is 1.56. The second-order valence-corrected chi connectivity index (χ2v) is 7.38. The van der Waals surface area contributed by atoms with Gasteiger partial charge in [0, 0.05) is 5.56 Å². The molecule has 4 rings (SSSR count). The molecule has 136 valence electrons. The van der Waals surface area contributed by atoms with Gasteiger partial charge in [-0.15, -0.1) is 0 Å². The third-order valence-corrected chi connectivity index (χ3v) is 5.38. The maximum Gasteiger partial charge on any atom is 0.260 e. The quantitative estimate of drug-likeness (QED) is 0.470. The van der Waals surface area contributed by atoms with Crippen LogP contribution in [-0.2, 0) is 6.54 Å². The molecule has 4 aromatic rings. The zero-order chi connectivity index (χ0) is 19.0. The van der Waals surface area contributed by atoms with Crippen molar-refractivity contribution in [3.63, 3.8) is 0 Å². The molecule has 6 heteroatoms. The van der Waals surface area contributed by atoms with Crippen LogP contribution in [0.5, 0.6) is 0 Å². The Kier molecular flexibility index (Phi) is 4.49. The summed E-state index contributed by atoms with van der Waals surface area (Å²) in [5, 5.41) is 0.441. The van der Waals surface area contributed by atoms with Crippen molar-refractivity contribution in [3.05, 3.63) is 83.1 Å². The summed E-state index contributed by atoms with van der Waals surface area (Å²) < 4.78 is 20.2. The minimum absolute atomic E-state index is 0.191. The summed E-state index contributed by atoms with van der Waals surface area (Å²) >= 11 is 1.29. The van der Waals surface area contributed by atoms with Gasteiger partial charge in [0.1, 0.15) is 17.1 Å². The number of furan rings is 1. The number of carbonyl (C=O) groups excluding carboxylic acids is 1. The highest BCUT2D eigenvalue weighted by Crippen LogP contribution is 2.32. The van der Waals surface area contributed by atoms with E-state index in [4.69, 9.17) is 4.42 Å². The van der Waals surface area contributed by atoms with Crippen molar-refractivity contribution < 1.29 is 13.6 Å². The van der Waals surface area contributed by atoms with Crippen LogP contribution in [0.25, 0.3) is 10.2 Å². The molecule has 0 saturated carbocycles. The highest BCUT2D eigenvalue weighted by Gasteiger charge is 2.24. The fourth-order valence-electron chi connectivity index (χ4n) is 3.00. The Morgan fingerprint density at radius 3 is 2.74 bits per heavy atom. The number of thiazole rings is 1. The third kappa shape index (κ3) is 3.36. The van der Waals surface area contributed by atoms with Crippen LogP contribution in [0.4, 0.5) is 9.52 Å². The number of hydrogen-bond donors (Lipinski definition) is 0. The van der Waals surface area contributed by atoms with Crippen LogP contribution in [0, 0.1) is 19.7 Å². The molecule has 0 radical (unpaired) electrons. The van der Waals surface area contributed by atoms with Crippen molar-refractivity contribution in [2.45, 2.75) is 20.4 Å². The van der Waals surface area contributed by atoms with Gasteiger partial charge in [-0.3, -0.25) is 9.69 Å². The molecule has 0 atom stereocenters. The summed E-state index contributed by atoms with van der Waals surface area (Å²) in [4.78, 5) is 19.3. The second kappa shape index (κ2) is 6.96. The first kappa shape index (κ1) is 17.4. The van der Waals surface area contributed by atoms with Gasteiger partial charge >= 0.3 is 0 Å². The van der Waals surface area contributed by atoms with Gasteiger partial charge in [-0.2, -0.15) is 0 Å². The van der Waals surface area contributed by atoms with Crippen molar-refractivity contribution in [1.29, 1.82) is 0 Å². The lowest BCUT2D eigenvalue weighted by Crippen LogP contribution is -2.30. The third-order valence-electron chi connectivity index (χ3n) is 4.34. The lowest BCUT2D eigenvalue weighted by molar-refractivity contribution is 0.0982. The van der Waals surface area contributed by atoms with Crippen LogP contribution in [0.2, 0.25) is 0 Å². The van der Waals surface area contributed by atoms with E-state index in [1.807, 2.05) is 32.0 Å². The van der Waals surface area contributed by atoms with E-state index in [2.05, 4.69) is 4.98 Å². The molecule has 1 amide bonds. The number of hydrogen-bond acceptors (Lipinski definition) is 4. The molecule has 2 heterocycles. The van der Waals surface area contributed by atoms with Crippen molar-refractivity contribution in [3.8, 4) is 0 Å². The van der Waals surface area contributed by atoms with Crippen molar-refractivity contribution in [2.24, 2.45) is 0 Å². The standard InChI is InChI=1S/C21H17FN2O2S/c1-13-8-9-16(14(2)11-13)20(25)24(12-15-5-4-10-26-15)21-23-19-17(22)6-3-7-18(19)27-21/h3-11H,12H2,1-2H3. The van der Waals surface area contributed by atoms with Gasteiger partial charge in [0.15, 0.2) is 5.13 Å². The Morgan fingerprint density at radius 1 is 1.19 bits per heavy atom. The zero-order valence-electron chi connectivity index (χ0n) is 14.9. The van der Waals surface area contributed by atoms with Crippen molar-refractivity contribution in [2.75, 3.05) is 4.90 Å². The number of rotatable bonds is 4. The van der Waals surface area contributed by atoms with Gasteiger partial charge in [-0.1, -0.05) is 35.1 Å². The number of aryl methyl sites for hydroxylation is 2. The predicted molar refractivity (Wildman–Crippen MR) is 105 cm³/mol. The fourth-order valence-corrected chi connectivity index (χ4v) is 3.98. The summed E-state index contributed by atoms with van der Waals surface area (Å²) in [6, 6.07) is 14.1. The van der Waals surface area contributed by atoms with Crippen LogP contribution in [0.1, 0.15) is 27.2 Å². The van der Waals surface area contributed by atoms with E-state index in [0.717, 1.165) is 11.1 Å². The number of benzene rings is 2. The number of halogens is 1. The molecular formula is C21H17FN2O2S.